The fraction of sp³-hybridized carbons (Fsp3) is 0.467. The Kier molecular flexibility index (Phi) is 8.88. The minimum Gasteiger partial charge on any atom is -0.481 e. The normalized spacial score (nSPS) is 16.2. The number of benzene rings is 1. The molecule has 206 valence electrons. The van der Waals surface area contributed by atoms with Crippen molar-refractivity contribution >= 4 is 28.3 Å². The van der Waals surface area contributed by atoms with E-state index in [1.807, 2.05) is 41.8 Å². The van der Waals surface area contributed by atoms with Gasteiger partial charge < -0.3 is 14.6 Å². The zero-order valence-electron chi connectivity index (χ0n) is 22.3. The molecular formula is C30H35N3O5S. The van der Waals surface area contributed by atoms with Gasteiger partial charge >= 0.3 is 5.97 Å². The summed E-state index contributed by atoms with van der Waals surface area (Å²) in [6.45, 7) is 0.932. The van der Waals surface area contributed by atoms with Gasteiger partial charge in [-0.1, -0.05) is 49.9 Å². The van der Waals surface area contributed by atoms with Crippen LogP contribution in [0, 0.1) is 11.8 Å². The number of thiazole rings is 1. The van der Waals surface area contributed by atoms with E-state index in [-0.39, 0.29) is 18.4 Å². The van der Waals surface area contributed by atoms with E-state index in [1.54, 1.807) is 18.2 Å². The van der Waals surface area contributed by atoms with Gasteiger partial charge in [-0.2, -0.15) is 0 Å². The van der Waals surface area contributed by atoms with Gasteiger partial charge in [0.25, 0.3) is 0 Å². The molecule has 3 aromatic rings. The summed E-state index contributed by atoms with van der Waals surface area (Å²) in [6.07, 6.45) is 8.65. The summed E-state index contributed by atoms with van der Waals surface area (Å²) < 4.78 is 10.6. The van der Waals surface area contributed by atoms with Crippen LogP contribution in [0.2, 0.25) is 0 Å². The highest BCUT2D eigenvalue weighted by atomic mass is 32.1. The molecule has 1 N–H and O–H groups in total. The first-order chi connectivity index (χ1) is 19.0. The van der Waals surface area contributed by atoms with Crippen LogP contribution in [0.1, 0.15) is 51.4 Å². The van der Waals surface area contributed by atoms with Gasteiger partial charge in [-0.3, -0.25) is 14.5 Å². The lowest BCUT2D eigenvalue weighted by molar-refractivity contribution is -0.141. The predicted molar refractivity (Wildman–Crippen MR) is 151 cm³/mol. The molecule has 2 aliphatic carbocycles. The molecular weight excluding hydrogens is 514 g/mol. The van der Waals surface area contributed by atoms with E-state index in [0.29, 0.717) is 36.6 Å². The Bertz CT molecular complexity index is 1270. The molecule has 1 unspecified atom stereocenters. The highest BCUT2D eigenvalue weighted by molar-refractivity contribution is 7.14. The maximum atomic E-state index is 13.8. The molecule has 2 fully saturated rings. The van der Waals surface area contributed by atoms with Crippen LogP contribution in [-0.2, 0) is 14.3 Å². The molecule has 9 heteroatoms. The number of carboxylic acid groups (broad SMARTS) is 1. The first-order valence-electron chi connectivity index (χ1n) is 13.7. The van der Waals surface area contributed by atoms with Crippen LogP contribution in [-0.4, -0.2) is 53.3 Å². The Morgan fingerprint density at radius 3 is 2.51 bits per heavy atom. The van der Waals surface area contributed by atoms with Crippen LogP contribution in [0.5, 0.6) is 5.88 Å². The molecule has 39 heavy (non-hydrogen) atoms. The molecule has 0 radical (unpaired) electrons. The van der Waals surface area contributed by atoms with Crippen molar-refractivity contribution < 1.29 is 24.2 Å². The fourth-order valence-electron chi connectivity index (χ4n) is 5.40. The number of amides is 1. The van der Waals surface area contributed by atoms with E-state index < -0.39 is 11.9 Å². The van der Waals surface area contributed by atoms with Crippen LogP contribution in [0.15, 0.2) is 48.0 Å². The zero-order chi connectivity index (χ0) is 27.2. The number of ether oxygens (including phenoxy) is 2. The van der Waals surface area contributed by atoms with Gasteiger partial charge in [-0.05, 0) is 36.8 Å². The predicted octanol–water partition coefficient (Wildman–Crippen LogP) is 6.06. The second kappa shape index (κ2) is 12.7. The molecule has 0 saturated heterocycles. The van der Waals surface area contributed by atoms with Crippen LogP contribution in [0.3, 0.4) is 0 Å². The minimum atomic E-state index is -0.917. The summed E-state index contributed by atoms with van der Waals surface area (Å²) in [5.41, 5.74) is 3.66. The third kappa shape index (κ3) is 6.83. The van der Waals surface area contributed by atoms with Crippen LogP contribution in [0.4, 0.5) is 5.13 Å². The molecule has 2 aromatic heterocycles. The SMILES string of the molecule is COCCOc1ccc(-c2ccccc2-c2csc(N(C(=O)C(CC(=O)O)CC3CCCC3)C3CC3)n2)cn1. The van der Waals surface area contributed by atoms with Crippen molar-refractivity contribution in [2.45, 2.75) is 57.4 Å². The van der Waals surface area contributed by atoms with Gasteiger partial charge in [0.2, 0.25) is 11.8 Å². The smallest absolute Gasteiger partial charge is 0.304 e. The van der Waals surface area contributed by atoms with E-state index in [4.69, 9.17) is 14.5 Å². The number of anilines is 1. The zero-order valence-corrected chi connectivity index (χ0v) is 23.1. The second-order valence-electron chi connectivity index (χ2n) is 10.4. The Morgan fingerprint density at radius 1 is 1.08 bits per heavy atom. The Morgan fingerprint density at radius 2 is 1.85 bits per heavy atom. The van der Waals surface area contributed by atoms with Crippen molar-refractivity contribution in [3.8, 4) is 28.3 Å². The average Bonchev–Trinajstić information content (AvgIpc) is 3.41. The van der Waals surface area contributed by atoms with Crippen molar-refractivity contribution in [1.82, 2.24) is 9.97 Å². The molecule has 5 rings (SSSR count). The van der Waals surface area contributed by atoms with Crippen LogP contribution < -0.4 is 9.64 Å². The van der Waals surface area contributed by atoms with Crippen LogP contribution in [0.25, 0.3) is 22.4 Å². The number of methoxy groups -OCH3 is 1. The van der Waals surface area contributed by atoms with Crippen LogP contribution >= 0.6 is 11.3 Å². The molecule has 1 amide bonds. The maximum absolute atomic E-state index is 13.8. The van der Waals surface area contributed by atoms with Crippen molar-refractivity contribution in [2.24, 2.45) is 11.8 Å². The standard InChI is InChI=1S/C30H35N3O5S/c1-37-14-15-38-27-13-10-21(18-31-27)24-8-4-5-9-25(24)26-19-39-30(32-26)33(23-11-12-23)29(36)22(17-28(34)35)16-20-6-2-3-7-20/h4-5,8-10,13,18-20,22-23H,2-3,6-7,11-12,14-17H2,1H3,(H,34,35). The monoisotopic (exact) mass is 549 g/mol. The maximum Gasteiger partial charge on any atom is 0.304 e. The molecule has 2 aliphatic rings. The second-order valence-corrected chi connectivity index (χ2v) is 11.2. The lowest BCUT2D eigenvalue weighted by atomic mass is 9.90. The first-order valence-corrected chi connectivity index (χ1v) is 14.6. The van der Waals surface area contributed by atoms with Gasteiger partial charge in [0, 0.05) is 47.8 Å². The minimum absolute atomic E-state index is 0.0887. The summed E-state index contributed by atoms with van der Waals surface area (Å²) in [5.74, 6) is -0.546. The topological polar surface area (TPSA) is 102 Å². The molecule has 1 atom stereocenters. The van der Waals surface area contributed by atoms with Gasteiger partial charge in [0.1, 0.15) is 6.61 Å². The van der Waals surface area contributed by atoms with E-state index in [1.165, 1.54) is 24.2 Å². The number of aromatic nitrogens is 2. The van der Waals surface area contributed by atoms with Crippen molar-refractivity contribution in [3.63, 3.8) is 0 Å². The lowest BCUT2D eigenvalue weighted by Crippen LogP contribution is -2.39. The fourth-order valence-corrected chi connectivity index (χ4v) is 6.30. The third-order valence-corrected chi connectivity index (χ3v) is 8.34. The number of carbonyl (C=O) groups is 2. The number of hydrogen-bond donors (Lipinski definition) is 1. The largest absolute Gasteiger partial charge is 0.481 e. The van der Waals surface area contributed by atoms with Gasteiger partial charge in [-0.15, -0.1) is 11.3 Å². The van der Waals surface area contributed by atoms with E-state index >= 15 is 0 Å². The molecule has 0 bridgehead atoms. The lowest BCUT2D eigenvalue weighted by Gasteiger charge is -2.26. The number of hydrogen-bond acceptors (Lipinski definition) is 7. The number of aliphatic carboxylic acids is 1. The highest BCUT2D eigenvalue weighted by Crippen LogP contribution is 2.40. The van der Waals surface area contributed by atoms with Crippen molar-refractivity contribution in [1.29, 1.82) is 0 Å². The Labute approximate surface area is 233 Å². The summed E-state index contributed by atoms with van der Waals surface area (Å²) in [4.78, 5) is 36.7. The highest BCUT2D eigenvalue weighted by Gasteiger charge is 2.40. The van der Waals surface area contributed by atoms with E-state index in [2.05, 4.69) is 4.98 Å². The molecule has 0 aliphatic heterocycles. The third-order valence-electron chi connectivity index (χ3n) is 7.50. The van der Waals surface area contributed by atoms with Gasteiger partial charge in [0.05, 0.1) is 18.7 Å². The van der Waals surface area contributed by atoms with Crippen molar-refractivity contribution in [3.05, 3.63) is 48.0 Å². The molecule has 0 spiro atoms. The number of carboxylic acids is 1. The Balaban J connectivity index is 1.38. The quantitative estimate of drug-likeness (QED) is 0.258. The van der Waals surface area contributed by atoms with Gasteiger partial charge in [-0.25, -0.2) is 9.97 Å². The summed E-state index contributed by atoms with van der Waals surface area (Å²) >= 11 is 1.44. The number of pyridine rings is 1. The molecule has 1 aromatic carbocycles. The number of carbonyl (C=O) groups excluding carboxylic acids is 1. The first kappa shape index (κ1) is 27.3. The average molecular weight is 550 g/mol. The molecule has 8 nitrogen and oxygen atoms in total. The number of rotatable bonds is 13. The summed E-state index contributed by atoms with van der Waals surface area (Å²) in [5, 5.41) is 12.2. The Hall–Kier alpha value is -3.30. The van der Waals surface area contributed by atoms with Gasteiger partial charge in [0.15, 0.2) is 5.13 Å². The molecule has 2 saturated carbocycles. The number of nitrogens with zero attached hydrogens (tertiary/aromatic N) is 3. The van der Waals surface area contributed by atoms with E-state index in [0.717, 1.165) is 48.1 Å². The van der Waals surface area contributed by atoms with Crippen molar-refractivity contribution in [2.75, 3.05) is 25.2 Å². The molecule has 2 heterocycles. The summed E-state index contributed by atoms with van der Waals surface area (Å²) in [6, 6.07) is 11.9. The summed E-state index contributed by atoms with van der Waals surface area (Å²) in [7, 11) is 1.63. The van der Waals surface area contributed by atoms with E-state index in [9.17, 15) is 14.7 Å².